The molecule has 3 nitrogen and oxygen atoms in total. The number of aryl methyl sites for hydroxylation is 4. The molecule has 0 aliphatic heterocycles. The quantitative estimate of drug-likeness (QED) is 0.866. The lowest BCUT2D eigenvalue weighted by atomic mass is 10.1. The van der Waals surface area contributed by atoms with E-state index in [2.05, 4.69) is 0 Å². The molecule has 0 aliphatic carbocycles. The van der Waals surface area contributed by atoms with E-state index in [1.54, 1.807) is 0 Å². The van der Waals surface area contributed by atoms with Crippen molar-refractivity contribution >= 4 is 7.32 Å². The fourth-order valence-electron chi connectivity index (χ4n) is 2.10. The SMILES string of the molecule is Cc1ccc(OB(O)Oc2ccc(C)cc2C)c(C)c1. The predicted octanol–water partition coefficient (Wildman–Crippen LogP) is 3.36. The summed E-state index contributed by atoms with van der Waals surface area (Å²) in [6.45, 7) is 7.90. The van der Waals surface area contributed by atoms with E-state index in [9.17, 15) is 5.02 Å². The minimum Gasteiger partial charge on any atom is -0.501 e. The molecule has 2 aromatic rings. The van der Waals surface area contributed by atoms with E-state index in [-0.39, 0.29) is 0 Å². The maximum atomic E-state index is 9.90. The zero-order chi connectivity index (χ0) is 14.7. The van der Waals surface area contributed by atoms with Crippen molar-refractivity contribution in [1.29, 1.82) is 0 Å². The van der Waals surface area contributed by atoms with Crippen molar-refractivity contribution < 1.29 is 14.3 Å². The van der Waals surface area contributed by atoms with Gasteiger partial charge in [0.2, 0.25) is 0 Å². The van der Waals surface area contributed by atoms with E-state index in [4.69, 9.17) is 9.31 Å². The zero-order valence-electron chi connectivity index (χ0n) is 12.3. The maximum Gasteiger partial charge on any atom is 0.785 e. The highest BCUT2D eigenvalue weighted by Crippen LogP contribution is 2.22. The molecule has 0 atom stereocenters. The second-order valence-corrected chi connectivity index (χ2v) is 5.08. The largest absolute Gasteiger partial charge is 0.785 e. The number of rotatable bonds is 4. The fraction of sp³-hybridized carbons (Fsp3) is 0.250. The van der Waals surface area contributed by atoms with Crippen LogP contribution >= 0.6 is 0 Å². The summed E-state index contributed by atoms with van der Waals surface area (Å²) in [6.07, 6.45) is 0. The topological polar surface area (TPSA) is 38.7 Å². The Bertz CT molecular complexity index is 557. The molecule has 1 N–H and O–H groups in total. The molecule has 2 rings (SSSR count). The van der Waals surface area contributed by atoms with Gasteiger partial charge in [0.15, 0.2) is 0 Å². The van der Waals surface area contributed by atoms with Crippen LogP contribution in [0.15, 0.2) is 36.4 Å². The first-order valence-corrected chi connectivity index (χ1v) is 6.61. The third-order valence-electron chi connectivity index (χ3n) is 3.12. The standard InChI is InChI=1S/C16H19BO3/c1-11-5-7-15(13(3)9-11)19-17(18)20-16-8-6-12(2)10-14(16)4/h5-10,18H,1-4H3. The van der Waals surface area contributed by atoms with Gasteiger partial charge in [-0.15, -0.1) is 0 Å². The molecule has 2 aromatic carbocycles. The van der Waals surface area contributed by atoms with Gasteiger partial charge in [0.05, 0.1) is 0 Å². The van der Waals surface area contributed by atoms with Gasteiger partial charge in [0, 0.05) is 0 Å². The summed E-state index contributed by atoms with van der Waals surface area (Å²) in [4.78, 5) is 0. The number of benzene rings is 2. The Balaban J connectivity index is 2.07. The van der Waals surface area contributed by atoms with Gasteiger partial charge in [-0.3, -0.25) is 0 Å². The lowest BCUT2D eigenvalue weighted by molar-refractivity contribution is 0.296. The zero-order valence-corrected chi connectivity index (χ0v) is 12.3. The van der Waals surface area contributed by atoms with Crippen LogP contribution < -0.4 is 9.31 Å². The van der Waals surface area contributed by atoms with E-state index in [0.29, 0.717) is 11.5 Å². The monoisotopic (exact) mass is 270 g/mol. The highest BCUT2D eigenvalue weighted by Gasteiger charge is 2.22. The van der Waals surface area contributed by atoms with Crippen LogP contribution in [0.2, 0.25) is 0 Å². The Hall–Kier alpha value is -1.94. The summed E-state index contributed by atoms with van der Waals surface area (Å²) in [5.74, 6) is 1.24. The molecular formula is C16H19BO3. The molecule has 0 saturated carbocycles. The first-order valence-electron chi connectivity index (χ1n) is 6.61. The van der Waals surface area contributed by atoms with Gasteiger partial charge >= 0.3 is 7.32 Å². The van der Waals surface area contributed by atoms with Crippen molar-refractivity contribution in [2.75, 3.05) is 0 Å². The average molecular weight is 270 g/mol. The lowest BCUT2D eigenvalue weighted by Crippen LogP contribution is -2.30. The van der Waals surface area contributed by atoms with Gasteiger partial charge < -0.3 is 14.3 Å². The highest BCUT2D eigenvalue weighted by molar-refractivity contribution is 6.36. The molecule has 20 heavy (non-hydrogen) atoms. The number of hydrogen-bond donors (Lipinski definition) is 1. The minimum absolute atomic E-state index is 0.618. The van der Waals surface area contributed by atoms with Crippen molar-refractivity contribution in [1.82, 2.24) is 0 Å². The molecule has 0 aliphatic rings. The van der Waals surface area contributed by atoms with Gasteiger partial charge in [-0.2, -0.15) is 0 Å². The molecule has 4 heteroatoms. The molecular weight excluding hydrogens is 251 g/mol. The molecule has 0 amide bonds. The summed E-state index contributed by atoms with van der Waals surface area (Å²) in [5, 5.41) is 9.90. The molecule has 0 fully saturated rings. The molecule has 0 saturated heterocycles. The smallest absolute Gasteiger partial charge is 0.501 e. The van der Waals surface area contributed by atoms with Crippen LogP contribution in [0, 0.1) is 27.7 Å². The van der Waals surface area contributed by atoms with Crippen LogP contribution in [-0.4, -0.2) is 12.3 Å². The third kappa shape index (κ3) is 3.55. The Kier molecular flexibility index (Phi) is 4.35. The maximum absolute atomic E-state index is 9.90. The third-order valence-corrected chi connectivity index (χ3v) is 3.12. The molecule has 0 spiro atoms. The van der Waals surface area contributed by atoms with Crippen molar-refractivity contribution in [3.63, 3.8) is 0 Å². The molecule has 0 bridgehead atoms. The normalized spacial score (nSPS) is 10.2. The molecule has 0 unspecified atom stereocenters. The van der Waals surface area contributed by atoms with Gasteiger partial charge in [-0.1, -0.05) is 35.4 Å². The Morgan fingerprint density at radius 2 is 1.15 bits per heavy atom. The predicted molar refractivity (Wildman–Crippen MR) is 81.1 cm³/mol. The van der Waals surface area contributed by atoms with Crippen LogP contribution in [0.5, 0.6) is 11.5 Å². The fourth-order valence-corrected chi connectivity index (χ4v) is 2.10. The van der Waals surface area contributed by atoms with Gasteiger partial charge in [0.25, 0.3) is 0 Å². The minimum atomic E-state index is -1.32. The average Bonchev–Trinajstić information content (AvgIpc) is 2.36. The summed E-state index contributed by atoms with van der Waals surface area (Å²) in [5.41, 5.74) is 4.24. The van der Waals surface area contributed by atoms with Crippen molar-refractivity contribution in [2.45, 2.75) is 27.7 Å². The summed E-state index contributed by atoms with van der Waals surface area (Å²) >= 11 is 0. The number of hydrogen-bond acceptors (Lipinski definition) is 3. The first kappa shape index (κ1) is 14.5. The molecule has 104 valence electrons. The Labute approximate surface area is 120 Å². The van der Waals surface area contributed by atoms with Crippen LogP contribution in [-0.2, 0) is 0 Å². The Morgan fingerprint density at radius 1 is 0.750 bits per heavy atom. The second kappa shape index (κ2) is 6.01. The molecule has 0 heterocycles. The van der Waals surface area contributed by atoms with E-state index in [0.717, 1.165) is 22.3 Å². The van der Waals surface area contributed by atoms with Crippen LogP contribution in [0.25, 0.3) is 0 Å². The summed E-state index contributed by atoms with van der Waals surface area (Å²) in [7, 11) is -1.32. The summed E-state index contributed by atoms with van der Waals surface area (Å²) in [6, 6.07) is 11.5. The van der Waals surface area contributed by atoms with E-state index >= 15 is 0 Å². The highest BCUT2D eigenvalue weighted by atomic mass is 16.7. The van der Waals surface area contributed by atoms with Crippen molar-refractivity contribution in [3.8, 4) is 11.5 Å². The van der Waals surface area contributed by atoms with Crippen LogP contribution in [0.4, 0.5) is 0 Å². The van der Waals surface area contributed by atoms with Gasteiger partial charge in [-0.05, 0) is 51.0 Å². The van der Waals surface area contributed by atoms with Crippen molar-refractivity contribution in [3.05, 3.63) is 58.7 Å². The van der Waals surface area contributed by atoms with Crippen LogP contribution in [0.1, 0.15) is 22.3 Å². The second-order valence-electron chi connectivity index (χ2n) is 5.08. The van der Waals surface area contributed by atoms with Crippen molar-refractivity contribution in [2.24, 2.45) is 0 Å². The molecule has 0 aromatic heterocycles. The van der Waals surface area contributed by atoms with E-state index in [1.807, 2.05) is 64.1 Å². The Morgan fingerprint density at radius 3 is 1.50 bits per heavy atom. The summed E-state index contributed by atoms with van der Waals surface area (Å²) < 4.78 is 10.8. The molecule has 0 radical (unpaired) electrons. The lowest BCUT2D eigenvalue weighted by Gasteiger charge is -2.14. The first-order chi connectivity index (χ1) is 9.45. The van der Waals surface area contributed by atoms with Gasteiger partial charge in [-0.25, -0.2) is 0 Å². The van der Waals surface area contributed by atoms with E-state index in [1.165, 1.54) is 0 Å². The van der Waals surface area contributed by atoms with E-state index < -0.39 is 7.32 Å². The van der Waals surface area contributed by atoms with Gasteiger partial charge in [0.1, 0.15) is 11.5 Å². The van der Waals surface area contributed by atoms with Crippen LogP contribution in [0.3, 0.4) is 0 Å².